The standard InChI is InChI=1S/C13H18N2O4S/c1-2-15(10-6-8-14-9-7-10)20(18,19)12-5-3-4-11(12)13(16)17/h6-9,11-12H,2-5H2,1H3,(H,16,17). The van der Waals surface area contributed by atoms with Crippen LogP contribution < -0.4 is 4.31 Å². The van der Waals surface area contributed by atoms with Crippen molar-refractivity contribution in [3.05, 3.63) is 24.5 Å². The number of rotatable bonds is 5. The highest BCUT2D eigenvalue weighted by Crippen LogP contribution is 2.34. The summed E-state index contributed by atoms with van der Waals surface area (Å²) >= 11 is 0. The molecule has 0 bridgehead atoms. The van der Waals surface area contributed by atoms with Gasteiger partial charge in [-0.1, -0.05) is 6.42 Å². The topological polar surface area (TPSA) is 87.6 Å². The molecule has 110 valence electrons. The molecule has 0 aliphatic heterocycles. The van der Waals surface area contributed by atoms with Crippen LogP contribution in [0.25, 0.3) is 0 Å². The number of carbonyl (C=O) groups is 1. The second-order valence-corrected chi connectivity index (χ2v) is 6.91. The van der Waals surface area contributed by atoms with Gasteiger partial charge in [-0.3, -0.25) is 14.1 Å². The molecule has 6 nitrogen and oxygen atoms in total. The van der Waals surface area contributed by atoms with Crippen molar-refractivity contribution in [1.29, 1.82) is 0 Å². The van der Waals surface area contributed by atoms with E-state index in [1.165, 1.54) is 16.7 Å². The number of sulfonamides is 1. The number of aromatic nitrogens is 1. The molecule has 0 spiro atoms. The molecular weight excluding hydrogens is 280 g/mol. The Balaban J connectivity index is 2.35. The molecule has 1 heterocycles. The van der Waals surface area contributed by atoms with E-state index in [2.05, 4.69) is 4.98 Å². The van der Waals surface area contributed by atoms with Gasteiger partial charge in [0.1, 0.15) is 0 Å². The van der Waals surface area contributed by atoms with Gasteiger partial charge in [-0.15, -0.1) is 0 Å². The Hall–Kier alpha value is -1.63. The number of hydrogen-bond acceptors (Lipinski definition) is 4. The molecule has 1 saturated carbocycles. The summed E-state index contributed by atoms with van der Waals surface area (Å²) in [6.07, 6.45) is 4.51. The molecule has 1 aliphatic rings. The molecule has 0 radical (unpaired) electrons. The lowest BCUT2D eigenvalue weighted by Crippen LogP contribution is -2.42. The molecule has 1 aliphatic carbocycles. The van der Waals surface area contributed by atoms with Crippen molar-refractivity contribution < 1.29 is 18.3 Å². The molecule has 20 heavy (non-hydrogen) atoms. The van der Waals surface area contributed by atoms with Crippen molar-refractivity contribution in [2.24, 2.45) is 5.92 Å². The smallest absolute Gasteiger partial charge is 0.307 e. The van der Waals surface area contributed by atoms with Gasteiger partial charge in [0.05, 0.1) is 16.9 Å². The zero-order chi connectivity index (χ0) is 14.8. The monoisotopic (exact) mass is 298 g/mol. The van der Waals surface area contributed by atoms with Gasteiger partial charge in [-0.2, -0.15) is 0 Å². The number of carboxylic acids is 1. The largest absolute Gasteiger partial charge is 0.481 e. The van der Waals surface area contributed by atoms with E-state index in [1.54, 1.807) is 19.1 Å². The van der Waals surface area contributed by atoms with E-state index in [0.717, 1.165) is 0 Å². The molecule has 0 amide bonds. The SMILES string of the molecule is CCN(c1ccncc1)S(=O)(=O)C1CCCC1C(=O)O. The number of pyridine rings is 1. The Bertz CT molecular complexity index is 573. The lowest BCUT2D eigenvalue weighted by molar-refractivity contribution is -0.141. The summed E-state index contributed by atoms with van der Waals surface area (Å²) in [5.41, 5.74) is 0.526. The Morgan fingerprint density at radius 1 is 1.40 bits per heavy atom. The Morgan fingerprint density at radius 2 is 2.05 bits per heavy atom. The van der Waals surface area contributed by atoms with Gasteiger partial charge in [-0.05, 0) is 31.9 Å². The van der Waals surface area contributed by atoms with E-state index in [1.807, 2.05) is 0 Å². The fourth-order valence-corrected chi connectivity index (χ4v) is 4.98. The minimum atomic E-state index is -3.67. The number of nitrogens with zero attached hydrogens (tertiary/aromatic N) is 2. The van der Waals surface area contributed by atoms with Gasteiger partial charge in [0.2, 0.25) is 10.0 Å². The third-order valence-electron chi connectivity index (χ3n) is 3.70. The highest BCUT2D eigenvalue weighted by molar-refractivity contribution is 7.93. The molecule has 2 atom stereocenters. The van der Waals surface area contributed by atoms with Crippen molar-refractivity contribution in [1.82, 2.24) is 4.98 Å². The fourth-order valence-electron chi connectivity index (χ4n) is 2.75. The highest BCUT2D eigenvalue weighted by Gasteiger charge is 2.44. The molecule has 1 aromatic rings. The third kappa shape index (κ3) is 2.63. The quantitative estimate of drug-likeness (QED) is 0.890. The van der Waals surface area contributed by atoms with Crippen molar-refractivity contribution in [2.45, 2.75) is 31.4 Å². The number of hydrogen-bond donors (Lipinski definition) is 1. The van der Waals surface area contributed by atoms with E-state index in [0.29, 0.717) is 24.9 Å². The summed E-state index contributed by atoms with van der Waals surface area (Å²) < 4.78 is 26.7. The highest BCUT2D eigenvalue weighted by atomic mass is 32.2. The first-order valence-corrected chi connectivity index (χ1v) is 8.13. The first-order chi connectivity index (χ1) is 9.48. The van der Waals surface area contributed by atoms with Crippen LogP contribution >= 0.6 is 0 Å². The average molecular weight is 298 g/mol. The lowest BCUT2D eigenvalue weighted by Gasteiger charge is -2.28. The number of aliphatic carboxylic acids is 1. The molecular formula is C13H18N2O4S. The van der Waals surface area contributed by atoms with Gasteiger partial charge >= 0.3 is 5.97 Å². The molecule has 1 aromatic heterocycles. The van der Waals surface area contributed by atoms with E-state index in [9.17, 15) is 18.3 Å². The zero-order valence-corrected chi connectivity index (χ0v) is 12.1. The second-order valence-electron chi connectivity index (χ2n) is 4.83. The Labute approximate surface area is 118 Å². The number of anilines is 1. The summed E-state index contributed by atoms with van der Waals surface area (Å²) in [6, 6.07) is 3.23. The van der Waals surface area contributed by atoms with E-state index < -0.39 is 27.2 Å². The lowest BCUT2D eigenvalue weighted by atomic mass is 10.1. The van der Waals surface area contributed by atoms with Crippen molar-refractivity contribution in [3.63, 3.8) is 0 Å². The predicted molar refractivity (Wildman–Crippen MR) is 74.9 cm³/mol. The molecule has 7 heteroatoms. The van der Waals surface area contributed by atoms with Gasteiger partial charge < -0.3 is 5.11 Å². The third-order valence-corrected chi connectivity index (χ3v) is 6.11. The van der Waals surface area contributed by atoms with Crippen LogP contribution in [0.5, 0.6) is 0 Å². The maximum absolute atomic E-state index is 12.7. The van der Waals surface area contributed by atoms with E-state index >= 15 is 0 Å². The number of carboxylic acid groups (broad SMARTS) is 1. The zero-order valence-electron chi connectivity index (χ0n) is 11.3. The second kappa shape index (κ2) is 5.78. The van der Waals surface area contributed by atoms with Crippen LogP contribution in [0.1, 0.15) is 26.2 Å². The fraction of sp³-hybridized carbons (Fsp3) is 0.538. The van der Waals surface area contributed by atoms with Gasteiger partial charge in [0.15, 0.2) is 0 Å². The molecule has 1 fully saturated rings. The van der Waals surface area contributed by atoms with E-state index in [4.69, 9.17) is 0 Å². The summed E-state index contributed by atoms with van der Waals surface area (Å²) in [5, 5.41) is 8.34. The van der Waals surface area contributed by atoms with Gasteiger partial charge in [0.25, 0.3) is 0 Å². The van der Waals surface area contributed by atoms with Crippen LogP contribution in [0.15, 0.2) is 24.5 Å². The van der Waals surface area contributed by atoms with Crippen molar-refractivity contribution in [2.75, 3.05) is 10.8 Å². The van der Waals surface area contributed by atoms with Crippen LogP contribution in [0.2, 0.25) is 0 Å². The van der Waals surface area contributed by atoms with Gasteiger partial charge in [0, 0.05) is 18.9 Å². The van der Waals surface area contributed by atoms with Crippen molar-refractivity contribution >= 4 is 21.7 Å². The first kappa shape index (κ1) is 14.8. The van der Waals surface area contributed by atoms with Crippen LogP contribution in [-0.4, -0.2) is 36.3 Å². The van der Waals surface area contributed by atoms with Crippen LogP contribution in [-0.2, 0) is 14.8 Å². The predicted octanol–water partition coefficient (Wildman–Crippen LogP) is 1.49. The Kier molecular flexibility index (Phi) is 4.27. The molecule has 2 unspecified atom stereocenters. The van der Waals surface area contributed by atoms with Crippen LogP contribution in [0, 0.1) is 5.92 Å². The molecule has 1 N–H and O–H groups in total. The van der Waals surface area contributed by atoms with Gasteiger partial charge in [-0.25, -0.2) is 8.42 Å². The molecule has 2 rings (SSSR count). The summed E-state index contributed by atoms with van der Waals surface area (Å²) in [7, 11) is -3.67. The molecule has 0 aromatic carbocycles. The normalized spacial score (nSPS) is 22.6. The summed E-state index contributed by atoms with van der Waals surface area (Å²) in [4.78, 5) is 15.1. The maximum Gasteiger partial charge on any atom is 0.307 e. The summed E-state index contributed by atoms with van der Waals surface area (Å²) in [5.74, 6) is -1.84. The minimum absolute atomic E-state index is 0.273. The first-order valence-electron chi connectivity index (χ1n) is 6.63. The van der Waals surface area contributed by atoms with Crippen molar-refractivity contribution in [3.8, 4) is 0 Å². The molecule has 0 saturated heterocycles. The minimum Gasteiger partial charge on any atom is -0.481 e. The van der Waals surface area contributed by atoms with Crippen LogP contribution in [0.4, 0.5) is 5.69 Å². The summed E-state index contributed by atoms with van der Waals surface area (Å²) in [6.45, 7) is 2.01. The Morgan fingerprint density at radius 3 is 2.60 bits per heavy atom. The maximum atomic E-state index is 12.7. The van der Waals surface area contributed by atoms with E-state index in [-0.39, 0.29) is 6.54 Å². The van der Waals surface area contributed by atoms with Crippen LogP contribution in [0.3, 0.4) is 0 Å². The average Bonchev–Trinajstić information content (AvgIpc) is 2.90.